The predicted molar refractivity (Wildman–Crippen MR) is 96.7 cm³/mol. The Morgan fingerprint density at radius 3 is 2.44 bits per heavy atom. The van der Waals surface area contributed by atoms with Crippen LogP contribution in [0.25, 0.3) is 0 Å². The number of aryl methyl sites for hydroxylation is 1. The minimum absolute atomic E-state index is 0.0316. The fraction of sp³-hybridized carbons (Fsp3) is 0.350. The number of benzene rings is 2. The maximum absolute atomic E-state index is 13.8. The molecule has 0 aliphatic carbocycles. The Kier molecular flexibility index (Phi) is 6.26. The number of hydrogen-bond acceptors (Lipinski definition) is 2. The third kappa shape index (κ3) is 4.86. The van der Waals surface area contributed by atoms with E-state index in [0.717, 1.165) is 22.9 Å². The summed E-state index contributed by atoms with van der Waals surface area (Å²) in [6.45, 7) is 7.86. The lowest BCUT2D eigenvalue weighted by atomic mass is 9.98. The van der Waals surface area contributed by atoms with Crippen molar-refractivity contribution < 1.29 is 13.6 Å². The molecule has 2 rings (SSSR count). The minimum atomic E-state index is -0.624. The van der Waals surface area contributed by atoms with E-state index in [0.29, 0.717) is 5.56 Å². The lowest BCUT2D eigenvalue weighted by Gasteiger charge is -2.18. The zero-order valence-electron chi connectivity index (χ0n) is 15.0. The van der Waals surface area contributed by atoms with Gasteiger partial charge in [-0.25, -0.2) is 8.78 Å². The Bertz CT molecular complexity index is 759. The van der Waals surface area contributed by atoms with Gasteiger partial charge in [-0.2, -0.15) is 0 Å². The van der Waals surface area contributed by atoms with E-state index in [1.807, 2.05) is 25.1 Å². The summed E-state index contributed by atoms with van der Waals surface area (Å²) in [5.74, 6) is -1.16. The summed E-state index contributed by atoms with van der Waals surface area (Å²) in [4.78, 5) is 12.3. The summed E-state index contributed by atoms with van der Waals surface area (Å²) in [7, 11) is 0. The summed E-state index contributed by atoms with van der Waals surface area (Å²) in [5, 5.41) is 5.91. The van der Waals surface area contributed by atoms with Crippen LogP contribution in [0.1, 0.15) is 49.4 Å². The van der Waals surface area contributed by atoms with Gasteiger partial charge in [0.05, 0.1) is 6.54 Å². The van der Waals surface area contributed by atoms with Crippen LogP contribution in [0.4, 0.5) is 14.5 Å². The van der Waals surface area contributed by atoms with Gasteiger partial charge < -0.3 is 10.6 Å². The Morgan fingerprint density at radius 1 is 1.08 bits per heavy atom. The molecule has 2 aromatic rings. The minimum Gasteiger partial charge on any atom is -0.324 e. The number of carbonyl (C=O) groups is 1. The fourth-order valence-electron chi connectivity index (χ4n) is 2.73. The average molecular weight is 346 g/mol. The standard InChI is InChI=1S/C20H24F2N2O/c1-12(2)16-7-5-6-13(3)20(16)24-19(25)11-23-14(4)17-9-8-15(21)10-18(17)22/h5-10,12,14,23H,11H2,1-4H3,(H,24,25)/t14-/m0/s1. The van der Waals surface area contributed by atoms with E-state index in [9.17, 15) is 13.6 Å². The van der Waals surface area contributed by atoms with Crippen molar-refractivity contribution in [2.24, 2.45) is 0 Å². The summed E-state index contributed by atoms with van der Waals surface area (Å²) in [6, 6.07) is 8.95. The van der Waals surface area contributed by atoms with Crippen LogP contribution in [-0.2, 0) is 4.79 Å². The monoisotopic (exact) mass is 346 g/mol. The van der Waals surface area contributed by atoms with Gasteiger partial charge in [-0.1, -0.05) is 38.1 Å². The number of rotatable bonds is 6. The topological polar surface area (TPSA) is 41.1 Å². The van der Waals surface area contributed by atoms with Gasteiger partial charge in [0, 0.05) is 23.4 Å². The summed E-state index contributed by atoms with van der Waals surface area (Å²) in [6.07, 6.45) is 0. The summed E-state index contributed by atoms with van der Waals surface area (Å²) >= 11 is 0. The van der Waals surface area contributed by atoms with Gasteiger partial charge in [0.25, 0.3) is 0 Å². The van der Waals surface area contributed by atoms with E-state index in [4.69, 9.17) is 0 Å². The number of para-hydroxylation sites is 1. The molecule has 0 unspecified atom stereocenters. The van der Waals surface area contributed by atoms with Crippen molar-refractivity contribution in [3.63, 3.8) is 0 Å². The molecule has 2 N–H and O–H groups in total. The Morgan fingerprint density at radius 2 is 1.80 bits per heavy atom. The highest BCUT2D eigenvalue weighted by atomic mass is 19.1. The maximum Gasteiger partial charge on any atom is 0.238 e. The van der Waals surface area contributed by atoms with Gasteiger partial charge in [0.15, 0.2) is 0 Å². The molecule has 1 atom stereocenters. The van der Waals surface area contributed by atoms with Crippen LogP contribution in [0.2, 0.25) is 0 Å². The second-order valence-corrected chi connectivity index (χ2v) is 6.51. The van der Waals surface area contributed by atoms with Crippen molar-refractivity contribution in [1.29, 1.82) is 0 Å². The Balaban J connectivity index is 2.02. The normalized spacial score (nSPS) is 12.3. The van der Waals surface area contributed by atoms with Gasteiger partial charge >= 0.3 is 0 Å². The van der Waals surface area contributed by atoms with E-state index in [-0.39, 0.29) is 18.4 Å². The van der Waals surface area contributed by atoms with E-state index in [1.165, 1.54) is 12.1 Å². The van der Waals surface area contributed by atoms with Gasteiger partial charge in [-0.3, -0.25) is 4.79 Å². The highest BCUT2D eigenvalue weighted by molar-refractivity contribution is 5.94. The average Bonchev–Trinajstić information content (AvgIpc) is 2.54. The summed E-state index contributed by atoms with van der Waals surface area (Å²) in [5.41, 5.74) is 3.22. The molecule has 134 valence electrons. The predicted octanol–water partition coefficient (Wildman–Crippen LogP) is 4.69. The van der Waals surface area contributed by atoms with Crippen LogP contribution < -0.4 is 10.6 Å². The number of carbonyl (C=O) groups excluding carboxylic acids is 1. The largest absolute Gasteiger partial charge is 0.324 e. The molecule has 3 nitrogen and oxygen atoms in total. The number of anilines is 1. The molecular formula is C20H24F2N2O. The van der Waals surface area contributed by atoms with Crippen molar-refractivity contribution in [3.05, 3.63) is 64.7 Å². The molecule has 0 aliphatic heterocycles. The van der Waals surface area contributed by atoms with Crippen molar-refractivity contribution in [3.8, 4) is 0 Å². The zero-order valence-corrected chi connectivity index (χ0v) is 15.0. The number of nitrogens with one attached hydrogen (secondary N) is 2. The first-order valence-electron chi connectivity index (χ1n) is 8.37. The number of halogens is 2. The van der Waals surface area contributed by atoms with Crippen molar-refractivity contribution in [2.45, 2.75) is 39.7 Å². The van der Waals surface area contributed by atoms with E-state index in [2.05, 4.69) is 24.5 Å². The first-order valence-corrected chi connectivity index (χ1v) is 8.37. The lowest BCUT2D eigenvalue weighted by Crippen LogP contribution is -2.31. The first kappa shape index (κ1) is 19.1. The molecular weight excluding hydrogens is 322 g/mol. The van der Waals surface area contributed by atoms with Crippen LogP contribution >= 0.6 is 0 Å². The molecule has 0 aliphatic rings. The molecule has 25 heavy (non-hydrogen) atoms. The number of amides is 1. The third-order valence-electron chi connectivity index (χ3n) is 4.19. The molecule has 0 aromatic heterocycles. The Labute approximate surface area is 147 Å². The molecule has 0 heterocycles. The van der Waals surface area contributed by atoms with Crippen LogP contribution in [0.3, 0.4) is 0 Å². The molecule has 0 bridgehead atoms. The highest BCUT2D eigenvalue weighted by Crippen LogP contribution is 2.27. The van der Waals surface area contributed by atoms with Crippen LogP contribution in [0.5, 0.6) is 0 Å². The van der Waals surface area contributed by atoms with Crippen molar-refractivity contribution in [1.82, 2.24) is 5.32 Å². The molecule has 0 radical (unpaired) electrons. The first-order chi connectivity index (χ1) is 11.8. The van der Waals surface area contributed by atoms with Gasteiger partial charge in [0.1, 0.15) is 11.6 Å². The van der Waals surface area contributed by atoms with Gasteiger partial charge in [-0.05, 0) is 37.0 Å². The molecule has 5 heteroatoms. The lowest BCUT2D eigenvalue weighted by molar-refractivity contribution is -0.115. The second-order valence-electron chi connectivity index (χ2n) is 6.51. The molecule has 0 spiro atoms. The van der Waals surface area contributed by atoms with E-state index < -0.39 is 17.7 Å². The SMILES string of the molecule is Cc1cccc(C(C)C)c1NC(=O)CN[C@@H](C)c1ccc(F)cc1F. The van der Waals surface area contributed by atoms with Crippen LogP contribution in [0, 0.1) is 18.6 Å². The summed E-state index contributed by atoms with van der Waals surface area (Å²) < 4.78 is 26.8. The fourth-order valence-corrected chi connectivity index (χ4v) is 2.73. The Hall–Kier alpha value is -2.27. The van der Waals surface area contributed by atoms with Crippen LogP contribution in [-0.4, -0.2) is 12.5 Å². The molecule has 0 saturated heterocycles. The molecule has 0 fully saturated rings. The zero-order chi connectivity index (χ0) is 18.6. The third-order valence-corrected chi connectivity index (χ3v) is 4.19. The van der Waals surface area contributed by atoms with E-state index in [1.54, 1.807) is 6.92 Å². The maximum atomic E-state index is 13.8. The number of hydrogen-bond donors (Lipinski definition) is 2. The van der Waals surface area contributed by atoms with Crippen LogP contribution in [0.15, 0.2) is 36.4 Å². The second kappa shape index (κ2) is 8.21. The molecule has 0 saturated carbocycles. The van der Waals surface area contributed by atoms with Gasteiger partial charge in [-0.15, -0.1) is 0 Å². The molecule has 1 amide bonds. The van der Waals surface area contributed by atoms with Crippen molar-refractivity contribution >= 4 is 11.6 Å². The molecule has 2 aromatic carbocycles. The highest BCUT2D eigenvalue weighted by Gasteiger charge is 2.15. The smallest absolute Gasteiger partial charge is 0.238 e. The van der Waals surface area contributed by atoms with Crippen molar-refractivity contribution in [2.75, 3.05) is 11.9 Å². The quantitative estimate of drug-likeness (QED) is 0.797. The van der Waals surface area contributed by atoms with Gasteiger partial charge in [0.2, 0.25) is 5.91 Å². The van der Waals surface area contributed by atoms with E-state index >= 15 is 0 Å².